The summed E-state index contributed by atoms with van der Waals surface area (Å²) >= 11 is 0.431. The van der Waals surface area contributed by atoms with E-state index in [2.05, 4.69) is 23.7 Å². The second-order valence-electron chi connectivity index (χ2n) is 9.63. The van der Waals surface area contributed by atoms with Gasteiger partial charge in [-0.25, -0.2) is 0 Å². The fourth-order valence-electron chi connectivity index (χ4n) is 4.67. The van der Waals surface area contributed by atoms with Gasteiger partial charge in [0.05, 0.1) is 0 Å². The van der Waals surface area contributed by atoms with E-state index in [1.165, 1.54) is 116 Å². The summed E-state index contributed by atoms with van der Waals surface area (Å²) in [5, 5.41) is 0. The maximum absolute atomic E-state index is 6.27. The van der Waals surface area contributed by atoms with Crippen molar-refractivity contribution in [3.63, 3.8) is 0 Å². The summed E-state index contributed by atoms with van der Waals surface area (Å²) in [4.78, 5) is 4.48. The van der Waals surface area contributed by atoms with Gasteiger partial charge in [-0.3, -0.25) is 0 Å². The summed E-state index contributed by atoms with van der Waals surface area (Å²) < 4.78 is 12.5. The average molecular weight is 484 g/mol. The number of rotatable bonds is 18. The van der Waals surface area contributed by atoms with Crippen LogP contribution in [0.1, 0.15) is 129 Å². The molecule has 174 valence electrons. The number of unbranched alkanes of at least 4 members (excludes halogenated alkanes) is 14. The van der Waals surface area contributed by atoms with Gasteiger partial charge in [-0.05, 0) is 0 Å². The monoisotopic (exact) mass is 484 g/mol. The summed E-state index contributed by atoms with van der Waals surface area (Å²) in [7, 11) is 0. The Bertz CT molecular complexity index is 480. The van der Waals surface area contributed by atoms with Gasteiger partial charge in [0.1, 0.15) is 0 Å². The summed E-state index contributed by atoms with van der Waals surface area (Å²) in [6.45, 7) is 6.31. The number of hydrogen-bond donors (Lipinski definition) is 0. The average Bonchev–Trinajstić information content (AvgIpc) is 3.15. The minimum absolute atomic E-state index is 0.226. The van der Waals surface area contributed by atoms with E-state index in [-0.39, 0.29) is 5.41 Å². The van der Waals surface area contributed by atoms with E-state index in [9.17, 15) is 0 Å². The number of ether oxygens (including phenoxy) is 2. The molecule has 0 bridgehead atoms. The molecule has 1 aliphatic heterocycles. The molecule has 0 atom stereocenters. The molecule has 0 amide bonds. The Morgan fingerprint density at radius 3 is 1.37 bits per heavy atom. The van der Waals surface area contributed by atoms with Crippen molar-refractivity contribution in [2.75, 3.05) is 13.2 Å². The molecule has 0 radical (unpaired) electrons. The van der Waals surface area contributed by atoms with E-state index in [0.29, 0.717) is 14.5 Å². The second kappa shape index (κ2) is 16.3. The summed E-state index contributed by atoms with van der Waals surface area (Å²) in [6.07, 6.45) is 24.8. The van der Waals surface area contributed by atoms with Gasteiger partial charge < -0.3 is 0 Å². The van der Waals surface area contributed by atoms with Crippen LogP contribution in [0, 0.1) is 5.41 Å². The van der Waals surface area contributed by atoms with E-state index < -0.39 is 0 Å². The van der Waals surface area contributed by atoms with Gasteiger partial charge in [0.2, 0.25) is 0 Å². The van der Waals surface area contributed by atoms with E-state index in [0.717, 1.165) is 24.7 Å². The molecule has 3 heteroatoms. The van der Waals surface area contributed by atoms with E-state index in [1.807, 2.05) is 0 Å². The molecule has 30 heavy (non-hydrogen) atoms. The first kappa shape index (κ1) is 25.9. The van der Waals surface area contributed by atoms with Gasteiger partial charge >= 0.3 is 154 Å². The Kier molecular flexibility index (Phi) is 14.0. The van der Waals surface area contributed by atoms with Crippen molar-refractivity contribution >= 4 is 14.5 Å². The number of fused-ring (bicyclic) bond motifs is 1. The van der Waals surface area contributed by atoms with Crippen LogP contribution in [-0.2, 0) is 0 Å². The third-order valence-corrected chi connectivity index (χ3v) is 8.25. The first-order valence-electron chi connectivity index (χ1n) is 13.1. The zero-order chi connectivity index (χ0) is 21.3. The van der Waals surface area contributed by atoms with Crippen molar-refractivity contribution in [1.29, 1.82) is 0 Å². The standard InChI is InChI=1S/C27H48O2Se/c1-3-5-7-9-11-13-15-17-19-27(20-18-16-14-12-10-8-6-4-2)23-28-25-21-30-22-26(25)29-24-27/h21-22H,3-20,23-24H2,1-2H3. The fraction of sp³-hybridized carbons (Fsp3) is 0.852. The summed E-state index contributed by atoms with van der Waals surface area (Å²) in [5.74, 6) is 2.06. The van der Waals surface area contributed by atoms with Crippen molar-refractivity contribution in [3.05, 3.63) is 9.88 Å². The Balaban J connectivity index is 1.70. The third-order valence-electron chi connectivity index (χ3n) is 6.78. The quantitative estimate of drug-likeness (QED) is 0.154. The van der Waals surface area contributed by atoms with Gasteiger partial charge in [0.15, 0.2) is 0 Å². The molecule has 0 aromatic carbocycles. The molecule has 1 aromatic heterocycles. The van der Waals surface area contributed by atoms with E-state index in [1.54, 1.807) is 0 Å². The van der Waals surface area contributed by atoms with Crippen molar-refractivity contribution in [2.45, 2.75) is 129 Å². The molecular formula is C27H48O2Se. The maximum atomic E-state index is 6.27. The van der Waals surface area contributed by atoms with Gasteiger partial charge in [-0.1, -0.05) is 39.5 Å². The van der Waals surface area contributed by atoms with E-state index >= 15 is 0 Å². The molecule has 0 unspecified atom stereocenters. The Hall–Kier alpha value is -0.401. The SMILES string of the molecule is CCCCCCCCCCC1(CCCCCCCCCC)COc2c[se]cc2OC1. The minimum atomic E-state index is 0.226. The van der Waals surface area contributed by atoms with Crippen LogP contribution in [-0.4, -0.2) is 27.7 Å². The Labute approximate surface area is 193 Å². The zero-order valence-electron chi connectivity index (χ0n) is 20.0. The molecule has 0 spiro atoms. The van der Waals surface area contributed by atoms with Gasteiger partial charge in [0, 0.05) is 0 Å². The van der Waals surface area contributed by atoms with Gasteiger partial charge in [-0.2, -0.15) is 0 Å². The normalized spacial score (nSPS) is 15.3. The van der Waals surface area contributed by atoms with Crippen LogP contribution in [0.5, 0.6) is 11.5 Å². The predicted octanol–water partition coefficient (Wildman–Crippen LogP) is 8.56. The molecule has 0 fully saturated rings. The van der Waals surface area contributed by atoms with E-state index in [4.69, 9.17) is 9.47 Å². The number of hydrogen-bond acceptors (Lipinski definition) is 2. The zero-order valence-corrected chi connectivity index (χ0v) is 21.7. The second-order valence-corrected chi connectivity index (χ2v) is 11.2. The molecule has 0 aliphatic carbocycles. The Morgan fingerprint density at radius 2 is 0.967 bits per heavy atom. The molecule has 2 nitrogen and oxygen atoms in total. The molecule has 0 N–H and O–H groups in total. The first-order chi connectivity index (χ1) is 14.8. The van der Waals surface area contributed by atoms with Crippen LogP contribution >= 0.6 is 0 Å². The fourth-order valence-corrected chi connectivity index (χ4v) is 6.10. The van der Waals surface area contributed by atoms with Crippen molar-refractivity contribution < 1.29 is 9.47 Å². The van der Waals surface area contributed by atoms with Crippen LogP contribution in [0.15, 0.2) is 9.88 Å². The Morgan fingerprint density at radius 1 is 0.600 bits per heavy atom. The van der Waals surface area contributed by atoms with Crippen LogP contribution in [0.2, 0.25) is 0 Å². The predicted molar refractivity (Wildman–Crippen MR) is 131 cm³/mol. The molecule has 2 heterocycles. The summed E-state index contributed by atoms with van der Waals surface area (Å²) in [6, 6.07) is 0. The van der Waals surface area contributed by atoms with Crippen LogP contribution in [0.25, 0.3) is 0 Å². The van der Waals surface area contributed by atoms with Crippen molar-refractivity contribution in [3.8, 4) is 11.5 Å². The first-order valence-corrected chi connectivity index (χ1v) is 15.1. The molecule has 1 aliphatic rings. The topological polar surface area (TPSA) is 18.5 Å². The summed E-state index contributed by atoms with van der Waals surface area (Å²) in [5.41, 5.74) is 0.226. The van der Waals surface area contributed by atoms with Crippen molar-refractivity contribution in [2.24, 2.45) is 5.41 Å². The molecular weight excluding hydrogens is 435 g/mol. The molecule has 0 saturated carbocycles. The van der Waals surface area contributed by atoms with Crippen LogP contribution in [0.4, 0.5) is 0 Å². The van der Waals surface area contributed by atoms with Crippen molar-refractivity contribution in [1.82, 2.24) is 0 Å². The van der Waals surface area contributed by atoms with Crippen LogP contribution in [0.3, 0.4) is 0 Å². The van der Waals surface area contributed by atoms with Gasteiger partial charge in [0.25, 0.3) is 0 Å². The molecule has 2 rings (SSSR count). The molecule has 0 saturated heterocycles. The van der Waals surface area contributed by atoms with Gasteiger partial charge in [-0.15, -0.1) is 0 Å². The molecule has 1 aromatic rings. The van der Waals surface area contributed by atoms with Crippen LogP contribution < -0.4 is 9.47 Å². The third kappa shape index (κ3) is 10.3.